The Balaban J connectivity index is 0.00000529. The average molecular weight is 471 g/mol. The number of halogens is 1. The van der Waals surface area contributed by atoms with Gasteiger partial charge in [-0.05, 0) is 37.8 Å². The molecule has 0 aliphatic carbocycles. The van der Waals surface area contributed by atoms with Crippen LogP contribution in [0.1, 0.15) is 44.8 Å². The Morgan fingerprint density at radius 3 is 2.46 bits per heavy atom. The second-order valence-electron chi connectivity index (χ2n) is 6.78. The lowest BCUT2D eigenvalue weighted by atomic mass is 9.90. The summed E-state index contributed by atoms with van der Waals surface area (Å²) >= 11 is 0. The zero-order valence-electron chi connectivity index (χ0n) is 15.3. The molecule has 1 aromatic rings. The van der Waals surface area contributed by atoms with Gasteiger partial charge in [-0.25, -0.2) is 8.42 Å². The first-order valence-corrected chi connectivity index (χ1v) is 9.80. The molecule has 6 nitrogen and oxygen atoms in total. The van der Waals surface area contributed by atoms with Crippen LogP contribution in [-0.2, 0) is 9.84 Å². The van der Waals surface area contributed by atoms with Gasteiger partial charge >= 0.3 is 0 Å². The van der Waals surface area contributed by atoms with Crippen molar-refractivity contribution in [3.63, 3.8) is 0 Å². The largest absolute Gasteiger partial charge is 0.464 e. The Bertz CT molecular complexity index is 639. The predicted octanol–water partition coefficient (Wildman–Crippen LogP) is 2.89. The number of aliphatic imine (C=N–C) groups is 1. The van der Waals surface area contributed by atoms with E-state index in [2.05, 4.69) is 15.6 Å². The first-order chi connectivity index (χ1) is 10.5. The van der Waals surface area contributed by atoms with E-state index in [1.54, 1.807) is 7.05 Å². The maximum Gasteiger partial charge on any atom is 0.191 e. The van der Waals surface area contributed by atoms with Crippen molar-refractivity contribution in [2.75, 3.05) is 25.6 Å². The lowest BCUT2D eigenvalue weighted by molar-refractivity contribution is 0.347. The third kappa shape index (κ3) is 8.91. The third-order valence-electron chi connectivity index (χ3n) is 3.65. The fourth-order valence-corrected chi connectivity index (χ4v) is 2.95. The molecule has 0 aliphatic rings. The SMILES string of the molecule is CN=C(NCC(C)(C)CCS(C)(=O)=O)NC(C)c1ccc(C)o1.I. The van der Waals surface area contributed by atoms with Crippen LogP contribution >= 0.6 is 24.0 Å². The number of nitrogens with one attached hydrogen (secondary N) is 2. The number of aryl methyl sites for hydroxylation is 1. The van der Waals surface area contributed by atoms with Crippen molar-refractivity contribution in [1.29, 1.82) is 0 Å². The van der Waals surface area contributed by atoms with Crippen LogP contribution in [0.15, 0.2) is 21.5 Å². The number of nitrogens with zero attached hydrogens (tertiary/aromatic N) is 1. The van der Waals surface area contributed by atoms with E-state index >= 15 is 0 Å². The number of furan rings is 1. The van der Waals surface area contributed by atoms with E-state index in [0.717, 1.165) is 11.5 Å². The zero-order chi connectivity index (χ0) is 17.7. The molecule has 0 bridgehead atoms. The minimum absolute atomic E-state index is 0. The number of sulfone groups is 1. The van der Waals surface area contributed by atoms with Crippen molar-refractivity contribution < 1.29 is 12.8 Å². The summed E-state index contributed by atoms with van der Waals surface area (Å²) in [7, 11) is -1.23. The molecule has 2 N–H and O–H groups in total. The maximum absolute atomic E-state index is 11.3. The molecule has 1 heterocycles. The van der Waals surface area contributed by atoms with Gasteiger partial charge in [0, 0.05) is 19.8 Å². The molecule has 24 heavy (non-hydrogen) atoms. The van der Waals surface area contributed by atoms with Crippen molar-refractivity contribution in [3.05, 3.63) is 23.7 Å². The minimum Gasteiger partial charge on any atom is -0.464 e. The maximum atomic E-state index is 11.3. The molecule has 1 rings (SSSR count). The number of guanidine groups is 1. The highest BCUT2D eigenvalue weighted by molar-refractivity contribution is 14.0. The molecule has 1 atom stereocenters. The minimum atomic E-state index is -2.94. The Kier molecular flexibility index (Phi) is 9.34. The number of hydrogen-bond donors (Lipinski definition) is 2. The molecule has 8 heteroatoms. The molecule has 0 saturated carbocycles. The van der Waals surface area contributed by atoms with Gasteiger partial charge < -0.3 is 15.1 Å². The van der Waals surface area contributed by atoms with Crippen molar-refractivity contribution in [3.8, 4) is 0 Å². The molecule has 1 unspecified atom stereocenters. The first-order valence-electron chi connectivity index (χ1n) is 7.74. The van der Waals surface area contributed by atoms with Gasteiger partial charge in [-0.3, -0.25) is 4.99 Å². The van der Waals surface area contributed by atoms with Crippen LogP contribution in [-0.4, -0.2) is 40.0 Å². The van der Waals surface area contributed by atoms with Crippen LogP contribution in [0.3, 0.4) is 0 Å². The summed E-state index contributed by atoms with van der Waals surface area (Å²) < 4.78 is 28.2. The van der Waals surface area contributed by atoms with E-state index in [9.17, 15) is 8.42 Å². The van der Waals surface area contributed by atoms with Crippen LogP contribution in [0.4, 0.5) is 0 Å². The summed E-state index contributed by atoms with van der Waals surface area (Å²) in [4.78, 5) is 4.21. The van der Waals surface area contributed by atoms with E-state index in [-0.39, 0.29) is 41.2 Å². The zero-order valence-corrected chi connectivity index (χ0v) is 18.5. The van der Waals surface area contributed by atoms with Crippen LogP contribution in [0, 0.1) is 12.3 Å². The van der Waals surface area contributed by atoms with Gasteiger partial charge in [0.25, 0.3) is 0 Å². The van der Waals surface area contributed by atoms with Gasteiger partial charge in [-0.15, -0.1) is 24.0 Å². The van der Waals surface area contributed by atoms with E-state index in [0.29, 0.717) is 18.9 Å². The lowest BCUT2D eigenvalue weighted by Crippen LogP contribution is -2.43. The van der Waals surface area contributed by atoms with Crippen LogP contribution < -0.4 is 10.6 Å². The highest BCUT2D eigenvalue weighted by atomic mass is 127. The molecule has 1 aromatic heterocycles. The second kappa shape index (κ2) is 9.65. The molecular weight excluding hydrogens is 441 g/mol. The number of rotatable bonds is 7. The predicted molar refractivity (Wildman–Crippen MR) is 110 cm³/mol. The van der Waals surface area contributed by atoms with Gasteiger partial charge in [-0.1, -0.05) is 13.8 Å². The fourth-order valence-electron chi connectivity index (χ4n) is 2.03. The van der Waals surface area contributed by atoms with Gasteiger partial charge in [-0.2, -0.15) is 0 Å². The molecule has 0 aromatic carbocycles. The summed E-state index contributed by atoms with van der Waals surface area (Å²) in [5.74, 6) is 2.58. The van der Waals surface area contributed by atoms with Gasteiger partial charge in [0.2, 0.25) is 0 Å². The average Bonchev–Trinajstić information content (AvgIpc) is 2.87. The molecule has 0 fully saturated rings. The molecule has 0 spiro atoms. The highest BCUT2D eigenvalue weighted by Crippen LogP contribution is 2.20. The standard InChI is InChI=1S/C16H29N3O3S.HI/c1-12-7-8-14(22-12)13(2)19-15(17-5)18-11-16(3,4)9-10-23(6,20)21;/h7-8,13H,9-11H2,1-6H3,(H2,17,18,19);1H. The topological polar surface area (TPSA) is 83.7 Å². The highest BCUT2D eigenvalue weighted by Gasteiger charge is 2.21. The van der Waals surface area contributed by atoms with E-state index < -0.39 is 9.84 Å². The summed E-state index contributed by atoms with van der Waals surface area (Å²) in [6.45, 7) is 8.62. The molecule has 0 saturated heterocycles. The van der Waals surface area contributed by atoms with Crippen molar-refractivity contribution in [2.24, 2.45) is 10.4 Å². The van der Waals surface area contributed by atoms with Crippen molar-refractivity contribution in [2.45, 2.75) is 40.2 Å². The molecule has 0 amide bonds. The monoisotopic (exact) mass is 471 g/mol. The van der Waals surface area contributed by atoms with Gasteiger partial charge in [0.15, 0.2) is 5.96 Å². The van der Waals surface area contributed by atoms with Crippen LogP contribution in [0.25, 0.3) is 0 Å². The summed E-state index contributed by atoms with van der Waals surface area (Å²) in [6, 6.07) is 3.86. The Morgan fingerprint density at radius 2 is 2.00 bits per heavy atom. The molecular formula is C16H30IN3O3S. The van der Waals surface area contributed by atoms with Crippen molar-refractivity contribution >= 4 is 39.8 Å². The summed E-state index contributed by atoms with van der Waals surface area (Å²) in [5.41, 5.74) is -0.148. The quantitative estimate of drug-likeness (QED) is 0.363. The molecule has 0 radical (unpaired) electrons. The van der Waals surface area contributed by atoms with Crippen LogP contribution in [0.5, 0.6) is 0 Å². The first kappa shape index (κ1) is 23.2. The van der Waals surface area contributed by atoms with E-state index in [4.69, 9.17) is 4.42 Å². The molecule has 0 aliphatic heterocycles. The van der Waals surface area contributed by atoms with E-state index in [1.807, 2.05) is 39.8 Å². The van der Waals surface area contributed by atoms with E-state index in [1.165, 1.54) is 6.26 Å². The van der Waals surface area contributed by atoms with Gasteiger partial charge in [0.05, 0.1) is 11.8 Å². The lowest BCUT2D eigenvalue weighted by Gasteiger charge is -2.26. The summed E-state index contributed by atoms with van der Waals surface area (Å²) in [5, 5.41) is 6.52. The normalized spacial score (nSPS) is 14.0. The summed E-state index contributed by atoms with van der Waals surface area (Å²) in [6.07, 6.45) is 1.87. The smallest absolute Gasteiger partial charge is 0.191 e. The Morgan fingerprint density at radius 1 is 1.38 bits per heavy atom. The molecule has 140 valence electrons. The Labute approximate surface area is 162 Å². The number of hydrogen-bond acceptors (Lipinski definition) is 4. The fraction of sp³-hybridized carbons (Fsp3) is 0.688. The van der Waals surface area contributed by atoms with Crippen LogP contribution in [0.2, 0.25) is 0 Å². The Hall–Kier alpha value is -0.770. The van der Waals surface area contributed by atoms with Gasteiger partial charge in [0.1, 0.15) is 21.4 Å². The third-order valence-corrected chi connectivity index (χ3v) is 4.59. The van der Waals surface area contributed by atoms with Crippen molar-refractivity contribution in [1.82, 2.24) is 10.6 Å². The second-order valence-corrected chi connectivity index (χ2v) is 9.04.